The average Bonchev–Trinajstić information content (AvgIpc) is 3.46. The van der Waals surface area contributed by atoms with Gasteiger partial charge in [-0.1, -0.05) is 41.4 Å². The molecule has 3 aromatic rings. The Labute approximate surface area is 301 Å². The molecule has 0 saturated carbocycles. The molecule has 0 unspecified atom stereocenters. The van der Waals surface area contributed by atoms with Gasteiger partial charge in [0.25, 0.3) is 11.8 Å². The summed E-state index contributed by atoms with van der Waals surface area (Å²) in [6.45, 7) is 1.63. The molecule has 0 bridgehead atoms. The lowest BCUT2D eigenvalue weighted by Crippen LogP contribution is -2.64. The molecular formula is C34H34Cl2N6O9. The zero-order valence-corrected chi connectivity index (χ0v) is 28.9. The summed E-state index contributed by atoms with van der Waals surface area (Å²) >= 11 is 12.1. The van der Waals surface area contributed by atoms with Crippen molar-refractivity contribution in [1.82, 2.24) is 30.2 Å². The maximum atomic E-state index is 13.9. The van der Waals surface area contributed by atoms with Gasteiger partial charge in [0.2, 0.25) is 11.8 Å². The molecule has 2 saturated heterocycles. The van der Waals surface area contributed by atoms with Gasteiger partial charge >= 0.3 is 11.9 Å². The SMILES string of the molecule is Cc1nccn1Cc1ccc(C(=O)N[C@H]2CCC(=O)N3CCC[C@@H](C(=O)N[C@@H](CC(=O)O)C(=O)COC(=O)c4c(Cl)cccc4Cl)N3C2=O)cc1. The number of nitrogens with zero attached hydrogens (tertiary/aromatic N) is 4. The number of carboxylic acids is 1. The summed E-state index contributed by atoms with van der Waals surface area (Å²) in [5, 5.41) is 16.6. The summed E-state index contributed by atoms with van der Waals surface area (Å²) in [4.78, 5) is 95.4. The molecule has 51 heavy (non-hydrogen) atoms. The second-order valence-electron chi connectivity index (χ2n) is 12.0. The number of carbonyl (C=O) groups excluding carboxylic acids is 6. The highest BCUT2D eigenvalue weighted by molar-refractivity contribution is 6.39. The topological polar surface area (TPSA) is 197 Å². The van der Waals surface area contributed by atoms with Crippen molar-refractivity contribution in [3.8, 4) is 0 Å². The van der Waals surface area contributed by atoms with Crippen molar-refractivity contribution in [1.29, 1.82) is 0 Å². The molecule has 0 aliphatic carbocycles. The lowest BCUT2D eigenvalue weighted by atomic mass is 10.0. The van der Waals surface area contributed by atoms with Crippen LogP contribution < -0.4 is 10.6 Å². The third kappa shape index (κ3) is 8.72. The van der Waals surface area contributed by atoms with E-state index >= 15 is 0 Å². The van der Waals surface area contributed by atoms with Gasteiger partial charge in [0, 0.05) is 37.5 Å². The number of nitrogens with one attached hydrogen (secondary N) is 2. The Hall–Kier alpha value is -5.28. The van der Waals surface area contributed by atoms with Gasteiger partial charge in [-0.25, -0.2) is 14.8 Å². The van der Waals surface area contributed by atoms with Gasteiger partial charge in [-0.3, -0.25) is 33.8 Å². The molecule has 0 spiro atoms. The normalized spacial score (nSPS) is 17.9. The molecule has 2 aliphatic rings. The minimum atomic E-state index is -1.66. The monoisotopic (exact) mass is 740 g/mol. The van der Waals surface area contributed by atoms with E-state index in [1.807, 2.05) is 17.7 Å². The van der Waals surface area contributed by atoms with E-state index in [0.29, 0.717) is 13.0 Å². The number of carboxylic acid groups (broad SMARTS) is 1. The molecule has 3 N–H and O–H groups in total. The van der Waals surface area contributed by atoms with E-state index in [9.17, 15) is 38.7 Å². The lowest BCUT2D eigenvalue weighted by Gasteiger charge is -2.43. The van der Waals surface area contributed by atoms with E-state index in [0.717, 1.165) is 21.4 Å². The zero-order valence-electron chi connectivity index (χ0n) is 27.3. The van der Waals surface area contributed by atoms with Crippen molar-refractivity contribution in [3.05, 3.63) is 87.4 Å². The highest BCUT2D eigenvalue weighted by atomic mass is 35.5. The van der Waals surface area contributed by atoms with Crippen LogP contribution in [0.4, 0.5) is 0 Å². The van der Waals surface area contributed by atoms with Gasteiger partial charge in [-0.15, -0.1) is 0 Å². The second kappa shape index (κ2) is 16.2. The number of rotatable bonds is 12. The van der Waals surface area contributed by atoms with Gasteiger partial charge in [0.1, 0.15) is 23.9 Å². The number of aromatic nitrogens is 2. The predicted octanol–water partition coefficient (Wildman–Crippen LogP) is 2.56. The number of imidazole rings is 1. The fraction of sp³-hybridized carbons (Fsp3) is 0.353. The number of hydrazine groups is 1. The van der Waals surface area contributed by atoms with E-state index < -0.39 is 72.5 Å². The fourth-order valence-electron chi connectivity index (χ4n) is 5.87. The van der Waals surface area contributed by atoms with Gasteiger partial charge in [0.05, 0.1) is 22.0 Å². The van der Waals surface area contributed by atoms with Crippen LogP contribution in [0.3, 0.4) is 0 Å². The molecule has 2 fully saturated rings. The molecule has 1 aromatic heterocycles. The number of ketones is 1. The first kappa shape index (κ1) is 37.0. The van der Waals surface area contributed by atoms with Gasteiger partial charge in [-0.2, -0.15) is 0 Å². The molecule has 4 amide bonds. The summed E-state index contributed by atoms with van der Waals surface area (Å²) in [6.07, 6.45) is 2.95. The number of hydrogen-bond acceptors (Lipinski definition) is 9. The molecule has 5 rings (SSSR count). The van der Waals surface area contributed by atoms with Crippen LogP contribution in [-0.4, -0.2) is 97.3 Å². The quantitative estimate of drug-likeness (QED) is 0.232. The predicted molar refractivity (Wildman–Crippen MR) is 181 cm³/mol. The number of carbonyl (C=O) groups is 7. The number of amides is 4. The van der Waals surface area contributed by atoms with Crippen molar-refractivity contribution in [2.45, 2.75) is 63.7 Å². The van der Waals surface area contributed by atoms with Gasteiger partial charge in [0.15, 0.2) is 12.4 Å². The third-order valence-corrected chi connectivity index (χ3v) is 9.19. The Balaban J connectivity index is 1.27. The van der Waals surface area contributed by atoms with Crippen LogP contribution in [0.25, 0.3) is 0 Å². The van der Waals surface area contributed by atoms with E-state index in [4.69, 9.17) is 27.9 Å². The highest BCUT2D eigenvalue weighted by Crippen LogP contribution is 2.27. The Kier molecular flexibility index (Phi) is 11.7. The van der Waals surface area contributed by atoms with E-state index in [1.165, 1.54) is 18.2 Å². The maximum Gasteiger partial charge on any atom is 0.341 e. The largest absolute Gasteiger partial charge is 0.481 e. The number of ether oxygens (including phenoxy) is 1. The first-order chi connectivity index (χ1) is 24.3. The molecule has 0 radical (unpaired) electrons. The van der Waals surface area contributed by atoms with Crippen molar-refractivity contribution in [2.75, 3.05) is 13.2 Å². The Morgan fingerprint density at radius 2 is 1.75 bits per heavy atom. The van der Waals surface area contributed by atoms with Gasteiger partial charge in [-0.05, 0) is 56.0 Å². The zero-order chi connectivity index (χ0) is 36.8. The minimum Gasteiger partial charge on any atom is -0.481 e. The molecule has 3 heterocycles. The first-order valence-electron chi connectivity index (χ1n) is 16.0. The van der Waals surface area contributed by atoms with Crippen molar-refractivity contribution in [3.63, 3.8) is 0 Å². The van der Waals surface area contributed by atoms with Crippen LogP contribution >= 0.6 is 23.2 Å². The second-order valence-corrected chi connectivity index (χ2v) is 12.8. The standard InChI is InChI=1S/C34H34Cl2N6O9/c1-19-37-13-15-40(19)17-20-7-9-21(10-8-20)31(47)38-24-11-12-28(44)41-14-3-6-26(42(41)33(24)49)32(48)39-25(16-29(45)46)27(43)18-51-34(50)30-22(35)4-2-5-23(30)36/h2,4-5,7-10,13,15,24-26H,3,6,11-12,14,16-18H2,1H3,(H,38,47)(H,39,48)(H,45,46)/t24-,25-,26-/m0/s1. The van der Waals surface area contributed by atoms with Crippen LogP contribution in [0.1, 0.15) is 64.2 Å². The molecule has 2 aliphatic heterocycles. The van der Waals surface area contributed by atoms with Crippen LogP contribution in [0, 0.1) is 6.92 Å². The maximum absolute atomic E-state index is 13.9. The van der Waals surface area contributed by atoms with Gasteiger partial charge < -0.3 is 25.0 Å². The minimum absolute atomic E-state index is 0.0241. The molecule has 3 atom stereocenters. The number of esters is 1. The smallest absolute Gasteiger partial charge is 0.341 e. The Morgan fingerprint density at radius 1 is 1.04 bits per heavy atom. The van der Waals surface area contributed by atoms with E-state index in [-0.39, 0.29) is 47.0 Å². The van der Waals surface area contributed by atoms with Crippen LogP contribution in [-0.2, 0) is 35.3 Å². The first-order valence-corrected chi connectivity index (χ1v) is 16.8. The summed E-state index contributed by atoms with van der Waals surface area (Å²) in [7, 11) is 0. The number of aliphatic carboxylic acids is 1. The Morgan fingerprint density at radius 3 is 2.39 bits per heavy atom. The van der Waals surface area contributed by atoms with Crippen LogP contribution in [0.15, 0.2) is 54.9 Å². The van der Waals surface area contributed by atoms with E-state index in [2.05, 4.69) is 15.6 Å². The molecule has 268 valence electrons. The number of aryl methyl sites for hydroxylation is 1. The molecule has 17 heteroatoms. The summed E-state index contributed by atoms with van der Waals surface area (Å²) in [5.74, 6) is -5.22. The highest BCUT2D eigenvalue weighted by Gasteiger charge is 2.45. The number of hydrogen-bond donors (Lipinski definition) is 3. The van der Waals surface area contributed by atoms with Crippen molar-refractivity contribution < 1.29 is 43.4 Å². The summed E-state index contributed by atoms with van der Waals surface area (Å²) < 4.78 is 6.98. The van der Waals surface area contributed by atoms with Crippen molar-refractivity contribution in [2.24, 2.45) is 0 Å². The fourth-order valence-corrected chi connectivity index (χ4v) is 6.42. The van der Waals surface area contributed by atoms with E-state index in [1.54, 1.807) is 30.5 Å². The molecule has 15 nitrogen and oxygen atoms in total. The average molecular weight is 742 g/mol. The number of fused-ring (bicyclic) bond motifs is 1. The molecular weight excluding hydrogens is 707 g/mol. The number of halogens is 2. The lowest BCUT2D eigenvalue weighted by molar-refractivity contribution is -0.176. The van der Waals surface area contributed by atoms with Crippen LogP contribution in [0.2, 0.25) is 10.0 Å². The number of benzene rings is 2. The molecule has 2 aromatic carbocycles. The summed E-state index contributed by atoms with van der Waals surface area (Å²) in [6, 6.07) is 6.93. The number of Topliss-reactive ketones (excluding diaryl/α,β-unsaturated/α-hetero) is 1. The van der Waals surface area contributed by atoms with Crippen molar-refractivity contribution >= 4 is 64.6 Å². The van der Waals surface area contributed by atoms with Crippen LogP contribution in [0.5, 0.6) is 0 Å². The third-order valence-electron chi connectivity index (χ3n) is 8.56. The summed E-state index contributed by atoms with van der Waals surface area (Å²) in [5.41, 5.74) is 1.00. The Bertz CT molecular complexity index is 1840.